The zero-order chi connectivity index (χ0) is 20.3. The molecule has 0 spiro atoms. The van der Waals surface area contributed by atoms with E-state index in [9.17, 15) is 14.4 Å². The van der Waals surface area contributed by atoms with Crippen molar-refractivity contribution in [3.63, 3.8) is 0 Å². The number of esters is 3. The van der Waals surface area contributed by atoms with E-state index in [4.69, 9.17) is 25.8 Å². The third-order valence-corrected chi connectivity index (χ3v) is 3.91. The van der Waals surface area contributed by atoms with Gasteiger partial charge in [0.15, 0.2) is 5.57 Å². The van der Waals surface area contributed by atoms with Gasteiger partial charge in [0.05, 0.1) is 11.3 Å². The van der Waals surface area contributed by atoms with E-state index in [1.807, 2.05) is 0 Å². The molecular formula is C20H16ClNO6. The van der Waals surface area contributed by atoms with Crippen molar-refractivity contribution in [3.8, 4) is 5.75 Å². The molecule has 0 unspecified atom stereocenters. The van der Waals surface area contributed by atoms with Gasteiger partial charge < -0.3 is 19.5 Å². The van der Waals surface area contributed by atoms with Gasteiger partial charge in [0.25, 0.3) is 5.79 Å². The summed E-state index contributed by atoms with van der Waals surface area (Å²) in [4.78, 5) is 36.5. The molecule has 2 aromatic carbocycles. The van der Waals surface area contributed by atoms with E-state index in [1.165, 1.54) is 13.8 Å². The van der Waals surface area contributed by atoms with E-state index in [0.29, 0.717) is 16.5 Å². The smallest absolute Gasteiger partial charge is 0.350 e. The number of halogens is 1. The van der Waals surface area contributed by atoms with Crippen LogP contribution < -0.4 is 10.1 Å². The van der Waals surface area contributed by atoms with Crippen molar-refractivity contribution in [1.29, 1.82) is 0 Å². The molecule has 0 atom stereocenters. The highest BCUT2D eigenvalue weighted by Crippen LogP contribution is 2.24. The lowest BCUT2D eigenvalue weighted by Crippen LogP contribution is -2.42. The molecule has 1 aliphatic rings. The van der Waals surface area contributed by atoms with Gasteiger partial charge in [-0.15, -0.1) is 0 Å². The van der Waals surface area contributed by atoms with Crippen molar-refractivity contribution in [2.75, 3.05) is 5.32 Å². The van der Waals surface area contributed by atoms with E-state index in [-0.39, 0.29) is 11.1 Å². The third kappa shape index (κ3) is 4.50. The first kappa shape index (κ1) is 19.4. The quantitative estimate of drug-likeness (QED) is 0.361. The van der Waals surface area contributed by atoms with Gasteiger partial charge in [-0.3, -0.25) is 0 Å². The van der Waals surface area contributed by atoms with Crippen molar-refractivity contribution < 1.29 is 28.6 Å². The van der Waals surface area contributed by atoms with Gasteiger partial charge in [-0.25, -0.2) is 14.4 Å². The van der Waals surface area contributed by atoms with Crippen LogP contribution in [0.4, 0.5) is 5.69 Å². The first-order valence-electron chi connectivity index (χ1n) is 8.25. The number of carbonyl (C=O) groups excluding carboxylic acids is 3. The highest BCUT2D eigenvalue weighted by Gasteiger charge is 2.39. The van der Waals surface area contributed by atoms with Crippen LogP contribution >= 0.6 is 11.6 Å². The maximum atomic E-state index is 12.5. The predicted molar refractivity (Wildman–Crippen MR) is 101 cm³/mol. The maximum absolute atomic E-state index is 12.5. The van der Waals surface area contributed by atoms with Crippen LogP contribution in [0.15, 0.2) is 60.3 Å². The van der Waals surface area contributed by atoms with Crippen molar-refractivity contribution in [1.82, 2.24) is 0 Å². The Morgan fingerprint density at radius 3 is 2.29 bits per heavy atom. The van der Waals surface area contributed by atoms with Gasteiger partial charge in [-0.05, 0) is 36.4 Å². The van der Waals surface area contributed by atoms with E-state index >= 15 is 0 Å². The second kappa shape index (κ2) is 7.74. The average Bonchev–Trinajstić information content (AvgIpc) is 2.62. The first-order valence-corrected chi connectivity index (χ1v) is 8.63. The zero-order valence-corrected chi connectivity index (χ0v) is 15.8. The van der Waals surface area contributed by atoms with Gasteiger partial charge in [-0.1, -0.05) is 23.7 Å². The summed E-state index contributed by atoms with van der Waals surface area (Å²) in [6, 6.07) is 12.8. The summed E-state index contributed by atoms with van der Waals surface area (Å²) < 4.78 is 15.4. The molecule has 144 valence electrons. The molecule has 3 rings (SSSR count). The molecule has 2 aromatic rings. The van der Waals surface area contributed by atoms with Crippen molar-refractivity contribution in [2.24, 2.45) is 0 Å². The molecule has 1 saturated heterocycles. The van der Waals surface area contributed by atoms with Gasteiger partial charge >= 0.3 is 17.9 Å². The first-order chi connectivity index (χ1) is 13.2. The minimum atomic E-state index is -1.33. The minimum Gasteiger partial charge on any atom is -0.423 e. The Hall–Kier alpha value is -3.32. The van der Waals surface area contributed by atoms with Crippen molar-refractivity contribution in [3.05, 3.63) is 70.9 Å². The number of carbonyl (C=O) groups is 3. The summed E-state index contributed by atoms with van der Waals surface area (Å²) in [7, 11) is 0. The summed E-state index contributed by atoms with van der Waals surface area (Å²) in [6.45, 7) is 2.91. The van der Waals surface area contributed by atoms with Crippen molar-refractivity contribution in [2.45, 2.75) is 19.6 Å². The number of ether oxygens (including phenoxy) is 3. The van der Waals surface area contributed by atoms with Crippen LogP contribution in [0.2, 0.25) is 5.02 Å². The Bertz CT molecular complexity index is 943. The Morgan fingerprint density at radius 1 is 1.04 bits per heavy atom. The molecule has 0 amide bonds. The Kier molecular flexibility index (Phi) is 5.37. The van der Waals surface area contributed by atoms with Crippen LogP contribution in [-0.4, -0.2) is 23.7 Å². The Balaban J connectivity index is 1.79. The monoisotopic (exact) mass is 401 g/mol. The lowest BCUT2D eigenvalue weighted by atomic mass is 10.1. The highest BCUT2D eigenvalue weighted by molar-refractivity contribution is 6.30. The number of nitrogens with one attached hydrogen (secondary N) is 1. The van der Waals surface area contributed by atoms with Crippen LogP contribution in [0.3, 0.4) is 0 Å². The molecule has 1 fully saturated rings. The van der Waals surface area contributed by atoms with Gasteiger partial charge in [0, 0.05) is 25.1 Å². The SMILES string of the molecule is CC1(C)OC(=O)C(=CNc2ccccc2C(=O)Oc2ccc(Cl)cc2)C(=O)O1. The normalized spacial score (nSPS) is 15.3. The number of hydrogen-bond donors (Lipinski definition) is 1. The maximum Gasteiger partial charge on any atom is 0.350 e. The minimum absolute atomic E-state index is 0.201. The number of anilines is 1. The fraction of sp³-hybridized carbons (Fsp3) is 0.150. The number of cyclic esters (lactones) is 2. The second-order valence-electron chi connectivity index (χ2n) is 6.27. The molecule has 1 heterocycles. The summed E-state index contributed by atoms with van der Waals surface area (Å²) in [5.74, 6) is -3.28. The lowest BCUT2D eigenvalue weighted by molar-refractivity contribution is -0.222. The number of benzene rings is 2. The number of hydrogen-bond acceptors (Lipinski definition) is 7. The molecule has 0 saturated carbocycles. The largest absolute Gasteiger partial charge is 0.423 e. The summed E-state index contributed by atoms with van der Waals surface area (Å²) in [5.41, 5.74) is 0.215. The molecule has 1 N–H and O–H groups in total. The van der Waals surface area contributed by atoms with Crippen LogP contribution in [0, 0.1) is 0 Å². The molecule has 1 aliphatic heterocycles. The zero-order valence-electron chi connectivity index (χ0n) is 15.0. The fourth-order valence-electron chi connectivity index (χ4n) is 2.38. The molecule has 0 bridgehead atoms. The summed E-state index contributed by atoms with van der Waals surface area (Å²) in [6.07, 6.45) is 1.13. The average molecular weight is 402 g/mol. The number of rotatable bonds is 4. The standard InChI is InChI=1S/C20H16ClNO6/c1-20(2)27-18(24)15(19(25)28-20)11-22-16-6-4-3-5-14(16)17(23)26-13-9-7-12(21)8-10-13/h3-11,22H,1-2H3. The van der Waals surface area contributed by atoms with Crippen LogP contribution in [-0.2, 0) is 19.1 Å². The second-order valence-corrected chi connectivity index (χ2v) is 6.71. The van der Waals surface area contributed by atoms with Gasteiger partial charge in [0.1, 0.15) is 5.75 Å². The molecule has 0 aromatic heterocycles. The van der Waals surface area contributed by atoms with Gasteiger partial charge in [0.2, 0.25) is 0 Å². The molecule has 8 heteroatoms. The van der Waals surface area contributed by atoms with Gasteiger partial charge in [-0.2, -0.15) is 0 Å². The molecular weight excluding hydrogens is 386 g/mol. The van der Waals surface area contributed by atoms with Crippen LogP contribution in [0.5, 0.6) is 5.75 Å². The third-order valence-electron chi connectivity index (χ3n) is 3.66. The van der Waals surface area contributed by atoms with E-state index in [0.717, 1.165) is 6.20 Å². The fourth-order valence-corrected chi connectivity index (χ4v) is 2.51. The van der Waals surface area contributed by atoms with E-state index < -0.39 is 23.7 Å². The topological polar surface area (TPSA) is 90.9 Å². The molecule has 0 aliphatic carbocycles. The van der Waals surface area contributed by atoms with Crippen LogP contribution in [0.1, 0.15) is 24.2 Å². The molecule has 0 radical (unpaired) electrons. The summed E-state index contributed by atoms with van der Waals surface area (Å²) >= 11 is 5.81. The summed E-state index contributed by atoms with van der Waals surface area (Å²) in [5, 5.41) is 3.28. The van der Waals surface area contributed by atoms with E-state index in [2.05, 4.69) is 5.32 Å². The highest BCUT2D eigenvalue weighted by atomic mass is 35.5. The van der Waals surface area contributed by atoms with Crippen LogP contribution in [0.25, 0.3) is 0 Å². The number of para-hydroxylation sites is 1. The predicted octanol–water partition coefficient (Wildman–Crippen LogP) is 3.69. The lowest BCUT2D eigenvalue weighted by Gasteiger charge is -2.29. The van der Waals surface area contributed by atoms with E-state index in [1.54, 1.807) is 48.5 Å². The Morgan fingerprint density at radius 2 is 1.64 bits per heavy atom. The molecule has 7 nitrogen and oxygen atoms in total. The molecule has 28 heavy (non-hydrogen) atoms. The van der Waals surface area contributed by atoms with Crippen molar-refractivity contribution >= 4 is 35.2 Å². The Labute approximate surface area is 165 Å².